The van der Waals surface area contributed by atoms with Gasteiger partial charge in [0, 0.05) is 26.2 Å². The van der Waals surface area contributed by atoms with Crippen LogP contribution in [0.5, 0.6) is 0 Å². The Kier molecular flexibility index (Phi) is 6.24. The molecule has 1 heterocycles. The van der Waals surface area contributed by atoms with E-state index in [-0.39, 0.29) is 29.0 Å². The third-order valence-corrected chi connectivity index (χ3v) is 7.09. The number of nitrogens with zero attached hydrogens (tertiary/aromatic N) is 2. The molecule has 3 aromatic rings. The Hall–Kier alpha value is -2.86. The van der Waals surface area contributed by atoms with Gasteiger partial charge in [0.15, 0.2) is 0 Å². The van der Waals surface area contributed by atoms with Crippen molar-refractivity contribution >= 4 is 16.9 Å². The van der Waals surface area contributed by atoms with E-state index in [2.05, 4.69) is 24.4 Å². The van der Waals surface area contributed by atoms with Crippen molar-refractivity contribution in [3.8, 4) is 0 Å². The molecule has 0 bridgehead atoms. The smallest absolute Gasteiger partial charge is 0.328 e. The maximum atomic E-state index is 13.0. The first-order valence-corrected chi connectivity index (χ1v) is 11.4. The third kappa shape index (κ3) is 4.51. The Balaban J connectivity index is 1.51. The van der Waals surface area contributed by atoms with Crippen LogP contribution in [0.3, 0.4) is 0 Å². The van der Waals surface area contributed by atoms with Crippen molar-refractivity contribution in [2.24, 2.45) is 19.5 Å². The molecular weight excluding hydrogens is 402 g/mol. The molecule has 0 saturated heterocycles. The van der Waals surface area contributed by atoms with E-state index in [1.165, 1.54) is 5.56 Å². The van der Waals surface area contributed by atoms with Gasteiger partial charge in [0.05, 0.1) is 17.1 Å². The maximum Gasteiger partial charge on any atom is 0.328 e. The number of nitrogens with one attached hydrogen (secondary N) is 1. The van der Waals surface area contributed by atoms with E-state index in [0.29, 0.717) is 12.1 Å². The predicted octanol–water partition coefficient (Wildman–Crippen LogP) is 3.72. The lowest BCUT2D eigenvalue weighted by molar-refractivity contribution is 0.0866. The van der Waals surface area contributed by atoms with Crippen molar-refractivity contribution in [2.45, 2.75) is 51.0 Å². The van der Waals surface area contributed by atoms with Gasteiger partial charge in [0.25, 0.3) is 5.91 Å². The Bertz CT molecular complexity index is 1160. The summed E-state index contributed by atoms with van der Waals surface area (Å²) in [6, 6.07) is 15.8. The molecular formula is C26H33N3O3. The molecule has 2 N–H and O–H groups in total. The molecule has 2 aromatic carbocycles. The van der Waals surface area contributed by atoms with Crippen molar-refractivity contribution in [1.82, 2.24) is 14.5 Å². The summed E-state index contributed by atoms with van der Waals surface area (Å²) in [6.45, 7) is 2.82. The first kappa shape index (κ1) is 22.3. The number of imidazole rings is 1. The number of aliphatic hydroxyl groups is 1. The summed E-state index contributed by atoms with van der Waals surface area (Å²) in [5, 5.41) is 13.6. The summed E-state index contributed by atoms with van der Waals surface area (Å²) in [7, 11) is 3.46. The van der Waals surface area contributed by atoms with Crippen LogP contribution in [0, 0.1) is 5.41 Å². The number of aryl methyl sites for hydroxylation is 2. The fourth-order valence-electron chi connectivity index (χ4n) is 5.17. The van der Waals surface area contributed by atoms with Crippen LogP contribution >= 0.6 is 0 Å². The molecule has 0 spiro atoms. The monoisotopic (exact) mass is 435 g/mol. The number of benzene rings is 2. The molecule has 1 aliphatic rings. The second kappa shape index (κ2) is 8.94. The van der Waals surface area contributed by atoms with Gasteiger partial charge in [-0.05, 0) is 60.8 Å². The van der Waals surface area contributed by atoms with Gasteiger partial charge in [-0.3, -0.25) is 13.9 Å². The molecule has 0 radical (unpaired) electrons. The molecule has 6 heteroatoms. The summed E-state index contributed by atoms with van der Waals surface area (Å²) >= 11 is 0. The minimum absolute atomic E-state index is 0.0555. The number of amides is 1. The Morgan fingerprint density at radius 3 is 2.59 bits per heavy atom. The highest BCUT2D eigenvalue weighted by molar-refractivity contribution is 5.97. The molecule has 4 rings (SSSR count). The quantitative estimate of drug-likeness (QED) is 0.656. The van der Waals surface area contributed by atoms with Crippen LogP contribution in [0.1, 0.15) is 60.9 Å². The van der Waals surface area contributed by atoms with Gasteiger partial charge in [-0.25, -0.2) is 4.79 Å². The first-order valence-electron chi connectivity index (χ1n) is 11.4. The van der Waals surface area contributed by atoms with Crippen molar-refractivity contribution in [2.75, 3.05) is 6.54 Å². The molecule has 6 nitrogen and oxygen atoms in total. The van der Waals surface area contributed by atoms with Crippen LogP contribution in [0.15, 0.2) is 53.3 Å². The second-order valence-corrected chi connectivity index (χ2v) is 9.69. The lowest BCUT2D eigenvalue weighted by Crippen LogP contribution is -2.38. The lowest BCUT2D eigenvalue weighted by Gasteiger charge is -2.37. The summed E-state index contributed by atoms with van der Waals surface area (Å²) in [4.78, 5) is 25.2. The van der Waals surface area contributed by atoms with Crippen LogP contribution in [-0.2, 0) is 14.1 Å². The minimum Gasteiger partial charge on any atom is -0.393 e. The SMILES string of the molecule is Cn1c(=O)n(C)c2cc(C(=O)NC[C@]3(C)CCC[C@@H](O)C[C@H](c4ccccc4)C3)ccc21. The number of carbonyl (C=O) groups is 1. The highest BCUT2D eigenvalue weighted by Crippen LogP contribution is 2.40. The van der Waals surface area contributed by atoms with Gasteiger partial charge in [0.2, 0.25) is 0 Å². The number of fused-ring (bicyclic) bond motifs is 1. The Morgan fingerprint density at radius 2 is 1.84 bits per heavy atom. The molecule has 170 valence electrons. The van der Waals surface area contributed by atoms with E-state index < -0.39 is 0 Å². The molecule has 1 aliphatic carbocycles. The molecule has 1 amide bonds. The number of hydrogen-bond acceptors (Lipinski definition) is 3. The summed E-state index contributed by atoms with van der Waals surface area (Å²) in [5.74, 6) is 0.145. The number of aromatic nitrogens is 2. The zero-order chi connectivity index (χ0) is 22.9. The summed E-state index contributed by atoms with van der Waals surface area (Å²) in [5.41, 5.74) is 3.21. The first-order chi connectivity index (χ1) is 15.3. The van der Waals surface area contributed by atoms with Gasteiger partial charge in [-0.2, -0.15) is 0 Å². The van der Waals surface area contributed by atoms with Crippen molar-refractivity contribution < 1.29 is 9.90 Å². The van der Waals surface area contributed by atoms with Crippen LogP contribution in [0.2, 0.25) is 0 Å². The summed E-state index contributed by atoms with van der Waals surface area (Å²) < 4.78 is 3.16. The lowest BCUT2D eigenvalue weighted by atomic mass is 9.71. The summed E-state index contributed by atoms with van der Waals surface area (Å²) in [6.07, 6.45) is 4.11. The molecule has 0 aliphatic heterocycles. The van der Waals surface area contributed by atoms with Crippen molar-refractivity contribution in [3.63, 3.8) is 0 Å². The zero-order valence-electron chi connectivity index (χ0n) is 19.2. The van der Waals surface area contributed by atoms with Gasteiger partial charge in [0.1, 0.15) is 0 Å². The Labute approximate surface area is 188 Å². The van der Waals surface area contributed by atoms with E-state index >= 15 is 0 Å². The highest BCUT2D eigenvalue weighted by atomic mass is 16.3. The predicted molar refractivity (Wildman–Crippen MR) is 127 cm³/mol. The number of aliphatic hydroxyl groups excluding tert-OH is 1. The van der Waals surface area contributed by atoms with E-state index in [1.54, 1.807) is 35.4 Å². The molecule has 1 aromatic heterocycles. The number of hydrogen-bond donors (Lipinski definition) is 2. The van der Waals surface area contributed by atoms with Gasteiger partial charge >= 0.3 is 5.69 Å². The molecule has 0 unspecified atom stereocenters. The van der Waals surface area contributed by atoms with Crippen LogP contribution in [0.4, 0.5) is 0 Å². The number of rotatable bonds is 4. The molecule has 1 fully saturated rings. The molecule has 3 atom stereocenters. The number of carbonyl (C=O) groups excluding carboxylic acids is 1. The Morgan fingerprint density at radius 1 is 1.12 bits per heavy atom. The van der Waals surface area contributed by atoms with E-state index in [9.17, 15) is 14.7 Å². The maximum absolute atomic E-state index is 13.0. The normalized spacial score (nSPS) is 24.1. The molecule has 32 heavy (non-hydrogen) atoms. The van der Waals surface area contributed by atoms with Crippen LogP contribution < -0.4 is 11.0 Å². The molecule has 1 saturated carbocycles. The second-order valence-electron chi connectivity index (χ2n) is 9.69. The highest BCUT2D eigenvalue weighted by Gasteiger charge is 2.32. The topological polar surface area (TPSA) is 76.3 Å². The van der Waals surface area contributed by atoms with Gasteiger partial charge in [-0.15, -0.1) is 0 Å². The van der Waals surface area contributed by atoms with Crippen molar-refractivity contribution in [3.05, 3.63) is 70.1 Å². The van der Waals surface area contributed by atoms with E-state index in [0.717, 1.165) is 43.1 Å². The largest absolute Gasteiger partial charge is 0.393 e. The van der Waals surface area contributed by atoms with Crippen LogP contribution in [-0.4, -0.2) is 32.8 Å². The van der Waals surface area contributed by atoms with Crippen molar-refractivity contribution in [1.29, 1.82) is 0 Å². The van der Waals surface area contributed by atoms with E-state index in [4.69, 9.17) is 0 Å². The average molecular weight is 436 g/mol. The fourth-order valence-corrected chi connectivity index (χ4v) is 5.17. The van der Waals surface area contributed by atoms with Gasteiger partial charge in [-0.1, -0.05) is 43.7 Å². The minimum atomic E-state index is -0.274. The standard InChI is InChI=1S/C26H33N3O3/c1-26(13-7-10-21(30)14-20(16-26)18-8-5-4-6-9-18)17-27-24(31)19-11-12-22-23(15-19)29(3)25(32)28(22)2/h4-6,8-9,11-12,15,20-21,30H,7,10,13-14,16-17H2,1-3H3,(H,27,31)/t20-,21+,26+/m0/s1. The van der Waals surface area contributed by atoms with E-state index in [1.807, 2.05) is 24.3 Å². The van der Waals surface area contributed by atoms with Gasteiger partial charge < -0.3 is 10.4 Å². The fraction of sp³-hybridized carbons (Fsp3) is 0.462. The third-order valence-electron chi connectivity index (χ3n) is 7.09. The average Bonchev–Trinajstić information content (AvgIpc) is 3.00. The zero-order valence-corrected chi connectivity index (χ0v) is 19.2. The van der Waals surface area contributed by atoms with Crippen LogP contribution in [0.25, 0.3) is 11.0 Å².